The number of hydrogen-bond donors (Lipinski definition) is 2. The van der Waals surface area contributed by atoms with Crippen LogP contribution in [0.25, 0.3) is 11.3 Å². The Morgan fingerprint density at radius 3 is 2.25 bits per heavy atom. The van der Waals surface area contributed by atoms with Crippen LogP contribution in [0.3, 0.4) is 0 Å². The van der Waals surface area contributed by atoms with E-state index in [0.29, 0.717) is 6.20 Å². The molecule has 6 nitrogen and oxygen atoms in total. The molecule has 0 saturated carbocycles. The molecule has 32 heavy (non-hydrogen) atoms. The SMILES string of the molecule is CN.O=Cc1cc(-c2ccccc2)ncc1N1CCCC1.O=c1ccc(C(F)(F)F)c[nH]1. The number of anilines is 1. The molecule has 1 aliphatic rings. The second-order valence-corrected chi connectivity index (χ2v) is 6.75. The zero-order valence-electron chi connectivity index (χ0n) is 17.6. The van der Waals surface area contributed by atoms with Gasteiger partial charge in [-0.15, -0.1) is 0 Å². The van der Waals surface area contributed by atoms with E-state index in [4.69, 9.17) is 0 Å². The Morgan fingerprint density at radius 1 is 1.06 bits per heavy atom. The van der Waals surface area contributed by atoms with Crippen molar-refractivity contribution in [2.45, 2.75) is 19.0 Å². The number of hydrogen-bond acceptors (Lipinski definition) is 5. The summed E-state index contributed by atoms with van der Waals surface area (Å²) in [6.45, 7) is 2.04. The molecule has 170 valence electrons. The van der Waals surface area contributed by atoms with Crippen LogP contribution in [0.1, 0.15) is 28.8 Å². The van der Waals surface area contributed by atoms with Crippen LogP contribution in [0, 0.1) is 0 Å². The highest BCUT2D eigenvalue weighted by molar-refractivity contribution is 5.86. The number of carbonyl (C=O) groups is 1. The number of H-pyrrole nitrogens is 1. The van der Waals surface area contributed by atoms with E-state index >= 15 is 0 Å². The number of nitrogens with zero attached hydrogens (tertiary/aromatic N) is 2. The fourth-order valence-electron chi connectivity index (χ4n) is 3.13. The number of nitrogens with one attached hydrogen (secondary N) is 1. The molecule has 1 saturated heterocycles. The molecule has 0 amide bonds. The molecule has 0 bridgehead atoms. The molecule has 3 N–H and O–H groups in total. The van der Waals surface area contributed by atoms with Crippen LogP contribution in [0.4, 0.5) is 18.9 Å². The van der Waals surface area contributed by atoms with Crippen LogP contribution in [0.2, 0.25) is 0 Å². The van der Waals surface area contributed by atoms with Crippen LogP contribution in [-0.4, -0.2) is 36.4 Å². The number of halogens is 3. The van der Waals surface area contributed by atoms with Crippen LogP contribution in [0.15, 0.2) is 65.7 Å². The van der Waals surface area contributed by atoms with Crippen molar-refractivity contribution in [2.24, 2.45) is 5.73 Å². The van der Waals surface area contributed by atoms with Crippen molar-refractivity contribution in [1.82, 2.24) is 9.97 Å². The van der Waals surface area contributed by atoms with E-state index in [1.165, 1.54) is 19.9 Å². The second kappa shape index (κ2) is 11.8. The summed E-state index contributed by atoms with van der Waals surface area (Å²) in [5.41, 5.74) is 6.70. The number of carbonyl (C=O) groups excluding carboxylic acids is 1. The minimum absolute atomic E-state index is 0.544. The van der Waals surface area contributed by atoms with Gasteiger partial charge in [-0.25, -0.2) is 0 Å². The third-order valence-electron chi connectivity index (χ3n) is 4.67. The molecule has 1 aliphatic heterocycles. The number of nitrogens with two attached hydrogens (primary N) is 1. The fourth-order valence-corrected chi connectivity index (χ4v) is 3.13. The fraction of sp³-hybridized carbons (Fsp3) is 0.261. The van der Waals surface area contributed by atoms with Gasteiger partial charge >= 0.3 is 6.18 Å². The van der Waals surface area contributed by atoms with Crippen molar-refractivity contribution in [1.29, 1.82) is 0 Å². The topological polar surface area (TPSA) is 92.1 Å². The van der Waals surface area contributed by atoms with E-state index in [-0.39, 0.29) is 0 Å². The van der Waals surface area contributed by atoms with Crippen LogP contribution >= 0.6 is 0 Å². The predicted octanol–water partition coefficient (Wildman–Crippen LogP) is 4.13. The molecule has 1 aromatic carbocycles. The van der Waals surface area contributed by atoms with Gasteiger partial charge in [0, 0.05) is 36.5 Å². The van der Waals surface area contributed by atoms with Crippen molar-refractivity contribution in [3.05, 3.63) is 82.4 Å². The molecular formula is C23H25F3N4O2. The molecule has 3 aromatic rings. The summed E-state index contributed by atoms with van der Waals surface area (Å²) >= 11 is 0. The number of pyridine rings is 2. The lowest BCUT2D eigenvalue weighted by Gasteiger charge is -2.19. The summed E-state index contributed by atoms with van der Waals surface area (Å²) in [6.07, 6.45) is 1.41. The number of rotatable bonds is 3. The van der Waals surface area contributed by atoms with Crippen molar-refractivity contribution in [3.8, 4) is 11.3 Å². The number of aromatic nitrogens is 2. The molecule has 0 atom stereocenters. The zero-order chi connectivity index (χ0) is 23.6. The monoisotopic (exact) mass is 446 g/mol. The molecule has 3 heterocycles. The van der Waals surface area contributed by atoms with Gasteiger partial charge in [-0.2, -0.15) is 13.2 Å². The quantitative estimate of drug-likeness (QED) is 0.591. The summed E-state index contributed by atoms with van der Waals surface area (Å²) in [4.78, 5) is 30.3. The molecule has 0 radical (unpaired) electrons. The average molecular weight is 446 g/mol. The largest absolute Gasteiger partial charge is 0.417 e. The van der Waals surface area contributed by atoms with Crippen molar-refractivity contribution < 1.29 is 18.0 Å². The van der Waals surface area contributed by atoms with E-state index in [9.17, 15) is 22.8 Å². The van der Waals surface area contributed by atoms with Gasteiger partial charge in [-0.3, -0.25) is 14.6 Å². The van der Waals surface area contributed by atoms with Gasteiger partial charge < -0.3 is 15.6 Å². The Morgan fingerprint density at radius 2 is 1.72 bits per heavy atom. The molecular weight excluding hydrogens is 421 g/mol. The first-order valence-corrected chi connectivity index (χ1v) is 9.98. The minimum Gasteiger partial charge on any atom is -0.370 e. The van der Waals surface area contributed by atoms with Gasteiger partial charge in [0.1, 0.15) is 0 Å². The average Bonchev–Trinajstić information content (AvgIpc) is 3.35. The highest BCUT2D eigenvalue weighted by atomic mass is 19.4. The summed E-state index contributed by atoms with van der Waals surface area (Å²) in [5.74, 6) is 0. The van der Waals surface area contributed by atoms with Gasteiger partial charge in [0.05, 0.1) is 23.1 Å². The van der Waals surface area contributed by atoms with E-state index < -0.39 is 17.3 Å². The van der Waals surface area contributed by atoms with Gasteiger partial charge in [-0.1, -0.05) is 30.3 Å². The van der Waals surface area contributed by atoms with Crippen molar-refractivity contribution in [3.63, 3.8) is 0 Å². The Bertz CT molecular complexity index is 1030. The molecule has 9 heteroatoms. The van der Waals surface area contributed by atoms with Crippen LogP contribution in [0.5, 0.6) is 0 Å². The molecule has 0 unspecified atom stereocenters. The van der Waals surface area contributed by atoms with Gasteiger partial charge in [0.15, 0.2) is 6.29 Å². The maximum Gasteiger partial charge on any atom is 0.417 e. The minimum atomic E-state index is -4.38. The third kappa shape index (κ3) is 6.78. The number of aromatic amines is 1. The first-order chi connectivity index (χ1) is 15.4. The van der Waals surface area contributed by atoms with E-state index in [1.807, 2.05) is 47.6 Å². The first-order valence-electron chi connectivity index (χ1n) is 9.98. The maximum atomic E-state index is 11.8. The van der Waals surface area contributed by atoms with Crippen molar-refractivity contribution >= 4 is 12.0 Å². The van der Waals surface area contributed by atoms with Crippen molar-refractivity contribution in [2.75, 3.05) is 25.0 Å². The summed E-state index contributed by atoms with van der Waals surface area (Å²) < 4.78 is 35.4. The molecule has 2 aromatic heterocycles. The van der Waals surface area contributed by atoms with E-state index in [2.05, 4.69) is 15.6 Å². The number of alkyl halides is 3. The van der Waals surface area contributed by atoms with Gasteiger partial charge in [0.2, 0.25) is 5.56 Å². The van der Waals surface area contributed by atoms with Crippen LogP contribution < -0.4 is 16.2 Å². The first kappa shape index (κ1) is 24.8. The Hall–Kier alpha value is -3.46. The van der Waals surface area contributed by atoms with E-state index in [1.54, 1.807) is 0 Å². The normalized spacial score (nSPS) is 12.8. The maximum absolute atomic E-state index is 11.8. The lowest BCUT2D eigenvalue weighted by Crippen LogP contribution is -2.19. The van der Waals surface area contributed by atoms with Crippen LogP contribution in [-0.2, 0) is 6.18 Å². The lowest BCUT2D eigenvalue weighted by molar-refractivity contribution is -0.137. The number of benzene rings is 1. The smallest absolute Gasteiger partial charge is 0.370 e. The standard InChI is InChI=1S/C16H16N2O.C6H4F3NO.CH5N/c19-12-14-10-15(13-6-2-1-3-7-13)17-11-16(14)18-8-4-5-9-18;7-6(8,9)4-1-2-5(11)10-3-4;1-2/h1-3,6-7,10-12H,4-5,8-9H2;1-3H,(H,10,11);2H2,1H3. The third-order valence-corrected chi connectivity index (χ3v) is 4.67. The molecule has 1 fully saturated rings. The zero-order valence-corrected chi connectivity index (χ0v) is 17.6. The second-order valence-electron chi connectivity index (χ2n) is 6.75. The lowest BCUT2D eigenvalue weighted by atomic mass is 10.1. The summed E-state index contributed by atoms with van der Waals surface area (Å²) in [7, 11) is 1.50. The molecule has 0 aliphatic carbocycles. The highest BCUT2D eigenvalue weighted by Crippen LogP contribution is 2.28. The Labute approximate surface area is 183 Å². The van der Waals surface area contributed by atoms with Gasteiger partial charge in [-0.05, 0) is 32.0 Å². The summed E-state index contributed by atoms with van der Waals surface area (Å²) in [6, 6.07) is 13.4. The predicted molar refractivity (Wildman–Crippen MR) is 119 cm³/mol. The Kier molecular flexibility index (Phi) is 9.15. The van der Waals surface area contributed by atoms with Gasteiger partial charge in [0.25, 0.3) is 0 Å². The summed E-state index contributed by atoms with van der Waals surface area (Å²) in [5, 5.41) is 0. The highest BCUT2D eigenvalue weighted by Gasteiger charge is 2.30. The number of aldehydes is 1. The Balaban J connectivity index is 0.000000239. The van der Waals surface area contributed by atoms with E-state index in [0.717, 1.165) is 54.0 Å². The molecule has 0 spiro atoms. The molecule has 4 rings (SSSR count).